The zero-order chi connectivity index (χ0) is 12.3. The topological polar surface area (TPSA) is 39.2 Å². The Morgan fingerprint density at radius 3 is 3.00 bits per heavy atom. The van der Waals surface area contributed by atoms with Crippen molar-refractivity contribution in [1.82, 2.24) is 4.98 Å². The molecule has 86 valence electrons. The molecule has 0 N–H and O–H groups in total. The first-order valence-electron chi connectivity index (χ1n) is 5.01. The van der Waals surface area contributed by atoms with Crippen LogP contribution in [0.1, 0.15) is 5.56 Å². The van der Waals surface area contributed by atoms with Crippen molar-refractivity contribution in [3.8, 4) is 0 Å². The highest BCUT2D eigenvalue weighted by Crippen LogP contribution is 2.24. The van der Waals surface area contributed by atoms with Crippen molar-refractivity contribution in [2.75, 3.05) is 7.11 Å². The summed E-state index contributed by atoms with van der Waals surface area (Å²) in [6.07, 6.45) is 4.72. The van der Waals surface area contributed by atoms with Gasteiger partial charge in [-0.25, -0.2) is 4.79 Å². The maximum absolute atomic E-state index is 11.0. The molecule has 0 radical (unpaired) electrons. The van der Waals surface area contributed by atoms with E-state index in [2.05, 4.69) is 9.72 Å². The largest absolute Gasteiger partial charge is 0.466 e. The summed E-state index contributed by atoms with van der Waals surface area (Å²) in [7, 11) is 1.34. The number of hydrogen-bond donors (Lipinski definition) is 0. The van der Waals surface area contributed by atoms with Crippen molar-refractivity contribution in [1.29, 1.82) is 0 Å². The van der Waals surface area contributed by atoms with Crippen LogP contribution in [0.15, 0.2) is 36.5 Å². The molecular weight excluding hydrogens is 238 g/mol. The van der Waals surface area contributed by atoms with Gasteiger partial charge < -0.3 is 4.74 Å². The number of pyridine rings is 1. The Labute approximate surface area is 104 Å². The summed E-state index contributed by atoms with van der Waals surface area (Å²) < 4.78 is 4.54. The minimum atomic E-state index is -0.392. The standard InChI is InChI=1S/C13H10ClNO2/c1-17-12(16)6-5-9-7-8-15-13-10(9)3-2-4-11(13)14/h2-8H,1H3. The molecule has 1 heterocycles. The van der Waals surface area contributed by atoms with Crippen molar-refractivity contribution >= 4 is 34.5 Å². The molecule has 1 aromatic heterocycles. The van der Waals surface area contributed by atoms with Crippen LogP contribution in [-0.2, 0) is 9.53 Å². The Balaban J connectivity index is 2.52. The summed E-state index contributed by atoms with van der Waals surface area (Å²) in [5.74, 6) is -0.392. The highest BCUT2D eigenvalue weighted by Gasteiger charge is 2.03. The van der Waals surface area contributed by atoms with Crippen molar-refractivity contribution in [3.63, 3.8) is 0 Å². The number of esters is 1. The molecule has 4 heteroatoms. The molecule has 0 fully saturated rings. The summed E-state index contributed by atoms with van der Waals surface area (Å²) >= 11 is 6.04. The lowest BCUT2D eigenvalue weighted by atomic mass is 10.1. The van der Waals surface area contributed by atoms with Gasteiger partial charge in [-0.1, -0.05) is 23.7 Å². The molecule has 0 saturated carbocycles. The predicted molar refractivity (Wildman–Crippen MR) is 67.8 cm³/mol. The van der Waals surface area contributed by atoms with E-state index in [4.69, 9.17) is 11.6 Å². The van der Waals surface area contributed by atoms with Gasteiger partial charge in [-0.3, -0.25) is 4.98 Å². The second-order valence-corrected chi connectivity index (χ2v) is 3.80. The van der Waals surface area contributed by atoms with Crippen molar-refractivity contribution in [3.05, 3.63) is 47.1 Å². The van der Waals surface area contributed by atoms with Gasteiger partial charge >= 0.3 is 5.97 Å². The number of fused-ring (bicyclic) bond motifs is 1. The lowest BCUT2D eigenvalue weighted by Gasteiger charge is -2.02. The smallest absolute Gasteiger partial charge is 0.330 e. The molecule has 0 aliphatic heterocycles. The van der Waals surface area contributed by atoms with Gasteiger partial charge in [0.2, 0.25) is 0 Å². The number of aromatic nitrogens is 1. The van der Waals surface area contributed by atoms with Gasteiger partial charge in [0, 0.05) is 17.7 Å². The van der Waals surface area contributed by atoms with E-state index in [9.17, 15) is 4.79 Å². The molecule has 0 aliphatic carbocycles. The number of benzene rings is 1. The number of nitrogens with zero attached hydrogens (tertiary/aromatic N) is 1. The van der Waals surface area contributed by atoms with Crippen molar-refractivity contribution < 1.29 is 9.53 Å². The van der Waals surface area contributed by atoms with Crippen LogP contribution in [0.2, 0.25) is 5.02 Å². The average Bonchev–Trinajstić information content (AvgIpc) is 2.36. The summed E-state index contributed by atoms with van der Waals surface area (Å²) in [6.45, 7) is 0. The fourth-order valence-electron chi connectivity index (χ4n) is 1.53. The van der Waals surface area contributed by atoms with Gasteiger partial charge in [0.05, 0.1) is 17.6 Å². The van der Waals surface area contributed by atoms with E-state index in [0.717, 1.165) is 16.5 Å². The highest BCUT2D eigenvalue weighted by atomic mass is 35.5. The SMILES string of the molecule is COC(=O)C=Cc1ccnc2c(Cl)cccc12. The monoisotopic (exact) mass is 247 g/mol. The summed E-state index contributed by atoms with van der Waals surface area (Å²) in [5, 5.41) is 1.50. The van der Waals surface area contributed by atoms with Gasteiger partial charge in [0.25, 0.3) is 0 Å². The predicted octanol–water partition coefficient (Wildman–Crippen LogP) is 3.07. The quantitative estimate of drug-likeness (QED) is 0.605. The van der Waals surface area contributed by atoms with Crippen molar-refractivity contribution in [2.45, 2.75) is 0 Å². The van der Waals surface area contributed by atoms with Gasteiger partial charge in [0.1, 0.15) is 0 Å². The average molecular weight is 248 g/mol. The number of para-hydroxylation sites is 1. The van der Waals surface area contributed by atoms with E-state index in [1.54, 1.807) is 18.3 Å². The van der Waals surface area contributed by atoms with Gasteiger partial charge in [-0.15, -0.1) is 0 Å². The van der Waals surface area contributed by atoms with E-state index in [0.29, 0.717) is 5.02 Å². The van der Waals surface area contributed by atoms with E-state index in [1.807, 2.05) is 18.2 Å². The third-order valence-electron chi connectivity index (χ3n) is 2.36. The molecule has 2 aromatic rings. The van der Waals surface area contributed by atoms with Gasteiger partial charge in [0.15, 0.2) is 0 Å². The van der Waals surface area contributed by atoms with Crippen LogP contribution in [0.3, 0.4) is 0 Å². The Morgan fingerprint density at radius 1 is 1.41 bits per heavy atom. The van der Waals surface area contributed by atoms with Crippen LogP contribution in [-0.4, -0.2) is 18.1 Å². The van der Waals surface area contributed by atoms with Crippen LogP contribution in [0, 0.1) is 0 Å². The summed E-state index contributed by atoms with van der Waals surface area (Å²) in [6, 6.07) is 7.36. The van der Waals surface area contributed by atoms with E-state index in [1.165, 1.54) is 13.2 Å². The molecule has 2 rings (SSSR count). The Hall–Kier alpha value is -1.87. The molecular formula is C13H10ClNO2. The highest BCUT2D eigenvalue weighted by molar-refractivity contribution is 6.35. The van der Waals surface area contributed by atoms with Gasteiger partial charge in [-0.05, 0) is 23.8 Å². The molecule has 0 unspecified atom stereocenters. The van der Waals surface area contributed by atoms with Crippen LogP contribution in [0.4, 0.5) is 0 Å². The first kappa shape index (κ1) is 11.6. The lowest BCUT2D eigenvalue weighted by molar-refractivity contribution is -0.134. The minimum absolute atomic E-state index is 0.392. The summed E-state index contributed by atoms with van der Waals surface area (Å²) in [5.41, 5.74) is 1.60. The fraction of sp³-hybridized carbons (Fsp3) is 0.0769. The minimum Gasteiger partial charge on any atom is -0.466 e. The lowest BCUT2D eigenvalue weighted by Crippen LogP contribution is -1.93. The fourth-order valence-corrected chi connectivity index (χ4v) is 1.76. The number of carbonyl (C=O) groups excluding carboxylic acids is 1. The number of carbonyl (C=O) groups is 1. The summed E-state index contributed by atoms with van der Waals surface area (Å²) in [4.78, 5) is 15.2. The Kier molecular flexibility index (Phi) is 3.40. The zero-order valence-electron chi connectivity index (χ0n) is 9.18. The first-order chi connectivity index (χ1) is 8.22. The van der Waals surface area contributed by atoms with Crippen LogP contribution < -0.4 is 0 Å². The number of ether oxygens (including phenoxy) is 1. The van der Waals surface area contributed by atoms with Gasteiger partial charge in [-0.2, -0.15) is 0 Å². The maximum atomic E-state index is 11.0. The second kappa shape index (κ2) is 4.97. The molecule has 0 amide bonds. The third kappa shape index (κ3) is 2.45. The number of hydrogen-bond acceptors (Lipinski definition) is 3. The van der Waals surface area contributed by atoms with E-state index >= 15 is 0 Å². The van der Waals surface area contributed by atoms with Crippen LogP contribution >= 0.6 is 11.6 Å². The molecule has 0 aliphatic rings. The second-order valence-electron chi connectivity index (χ2n) is 3.39. The van der Waals surface area contributed by atoms with Crippen molar-refractivity contribution in [2.24, 2.45) is 0 Å². The van der Waals surface area contributed by atoms with E-state index < -0.39 is 5.97 Å². The molecule has 17 heavy (non-hydrogen) atoms. The number of halogens is 1. The molecule has 0 bridgehead atoms. The first-order valence-corrected chi connectivity index (χ1v) is 5.39. The van der Waals surface area contributed by atoms with E-state index in [-0.39, 0.29) is 0 Å². The van der Waals surface area contributed by atoms with Crippen LogP contribution in [0.25, 0.3) is 17.0 Å². The maximum Gasteiger partial charge on any atom is 0.330 e. The number of rotatable bonds is 2. The molecule has 0 saturated heterocycles. The molecule has 0 spiro atoms. The Morgan fingerprint density at radius 2 is 2.24 bits per heavy atom. The zero-order valence-corrected chi connectivity index (χ0v) is 9.94. The normalized spacial score (nSPS) is 10.9. The molecule has 1 aromatic carbocycles. The molecule has 0 atom stereocenters. The third-order valence-corrected chi connectivity index (χ3v) is 2.66. The number of methoxy groups -OCH3 is 1. The molecule has 3 nitrogen and oxygen atoms in total. The van der Waals surface area contributed by atoms with Crippen LogP contribution in [0.5, 0.6) is 0 Å². The Bertz CT molecular complexity index is 593.